The number of nitrogens with one attached hydrogen (secondary N) is 1. The zero-order valence-electron chi connectivity index (χ0n) is 22.2. The lowest BCUT2D eigenvalue weighted by Crippen LogP contribution is -2.46. The second-order valence-corrected chi connectivity index (χ2v) is 16.2. The fourth-order valence-electron chi connectivity index (χ4n) is 3.42. The van der Waals surface area contributed by atoms with Gasteiger partial charge < -0.3 is 29.3 Å². The lowest BCUT2D eigenvalue weighted by Gasteiger charge is -2.28. The number of likely N-dealkylation sites (tertiary alicyclic amines) is 1. The minimum Gasteiger partial charge on any atom is -0.365 e. The third kappa shape index (κ3) is 10.6. The van der Waals surface area contributed by atoms with Crippen LogP contribution in [0.25, 0.3) is 0 Å². The van der Waals surface area contributed by atoms with Crippen LogP contribution < -0.4 is 5.32 Å². The highest BCUT2D eigenvalue weighted by Crippen LogP contribution is 2.54. The molecule has 1 heterocycles. The van der Waals surface area contributed by atoms with E-state index in [4.69, 9.17) is 9.26 Å². The molecule has 0 aliphatic carbocycles. The van der Waals surface area contributed by atoms with E-state index in [9.17, 15) is 28.5 Å². The van der Waals surface area contributed by atoms with Gasteiger partial charge >= 0.3 is 7.60 Å². The van der Waals surface area contributed by atoms with Crippen LogP contribution in [0.1, 0.15) is 86.0 Å². The molecule has 1 fully saturated rings. The molecule has 1 aliphatic heterocycles. The van der Waals surface area contributed by atoms with Gasteiger partial charge in [0, 0.05) is 32.8 Å². The lowest BCUT2D eigenvalue weighted by molar-refractivity contribution is -0.138. The van der Waals surface area contributed by atoms with Crippen LogP contribution in [0, 0.1) is 0 Å². The largest absolute Gasteiger partial charge is 0.365 e. The Morgan fingerprint density at radius 1 is 1.00 bits per heavy atom. The zero-order chi connectivity index (χ0) is 26.9. The molecule has 3 atom stereocenters. The predicted molar refractivity (Wildman–Crippen MR) is 137 cm³/mol. The second kappa shape index (κ2) is 13.7. The SMILES string of the molecule is CC(C)(OCCCCCC(=O)N1CCC[C@H]1C(=O)NCCCCOP(=O)(O)C(C)(C)C)P(C)(=O)O. The molecule has 10 nitrogen and oxygen atoms in total. The normalized spacial score (nSPS) is 20.3. The van der Waals surface area contributed by atoms with Crippen molar-refractivity contribution in [1.82, 2.24) is 10.2 Å². The Hall–Kier alpha value is -0.760. The van der Waals surface area contributed by atoms with Crippen molar-refractivity contribution in [2.75, 3.05) is 33.0 Å². The van der Waals surface area contributed by atoms with Crippen molar-refractivity contribution >= 4 is 26.8 Å². The van der Waals surface area contributed by atoms with Crippen LogP contribution >= 0.6 is 15.0 Å². The van der Waals surface area contributed by atoms with Gasteiger partial charge in [-0.25, -0.2) is 0 Å². The molecule has 0 bridgehead atoms. The summed E-state index contributed by atoms with van der Waals surface area (Å²) in [5.41, 5.74) is 0. The first-order valence-corrected chi connectivity index (χ1v) is 16.2. The molecular formula is C23H46N2O8P2. The van der Waals surface area contributed by atoms with E-state index in [2.05, 4.69) is 5.32 Å². The van der Waals surface area contributed by atoms with Gasteiger partial charge in [0.25, 0.3) is 0 Å². The van der Waals surface area contributed by atoms with E-state index in [0.717, 1.165) is 12.8 Å². The molecular weight excluding hydrogens is 494 g/mol. The van der Waals surface area contributed by atoms with Gasteiger partial charge in [-0.05, 0) is 73.1 Å². The number of carbonyl (C=O) groups excluding carboxylic acids is 2. The Morgan fingerprint density at radius 2 is 1.63 bits per heavy atom. The maximum Gasteiger partial charge on any atom is 0.333 e. The van der Waals surface area contributed by atoms with Gasteiger partial charge in [-0.2, -0.15) is 0 Å². The highest BCUT2D eigenvalue weighted by molar-refractivity contribution is 7.58. The zero-order valence-corrected chi connectivity index (χ0v) is 24.0. The summed E-state index contributed by atoms with van der Waals surface area (Å²) < 4.78 is 34.5. The summed E-state index contributed by atoms with van der Waals surface area (Å²) in [5, 5.41) is 0.955. The van der Waals surface area contributed by atoms with Crippen LogP contribution in [-0.2, 0) is 28.0 Å². The molecule has 206 valence electrons. The lowest BCUT2D eigenvalue weighted by atomic mass is 10.1. The number of rotatable bonds is 15. The fraction of sp³-hybridized carbons (Fsp3) is 0.913. The molecule has 1 saturated heterocycles. The molecule has 0 aromatic rings. The molecule has 0 radical (unpaired) electrons. The van der Waals surface area contributed by atoms with E-state index in [1.807, 2.05) is 0 Å². The summed E-state index contributed by atoms with van der Waals surface area (Å²) >= 11 is 0. The molecule has 1 aliphatic rings. The Bertz CT molecular complexity index is 791. The third-order valence-electron chi connectivity index (χ3n) is 6.35. The summed E-state index contributed by atoms with van der Waals surface area (Å²) in [5.74, 6) is -0.200. The Kier molecular flexibility index (Phi) is 12.6. The molecule has 0 aromatic carbocycles. The molecule has 0 spiro atoms. The average molecular weight is 541 g/mol. The summed E-state index contributed by atoms with van der Waals surface area (Å²) in [6.45, 7) is 10.9. The predicted octanol–water partition coefficient (Wildman–Crippen LogP) is 4.09. The fourth-order valence-corrected chi connectivity index (χ4v) is 4.51. The topological polar surface area (TPSA) is 142 Å². The van der Waals surface area contributed by atoms with Gasteiger partial charge in [0.15, 0.2) is 0 Å². The Balaban J connectivity index is 2.27. The maximum atomic E-state index is 12.7. The molecule has 1 rings (SSSR count). The van der Waals surface area contributed by atoms with E-state index in [-0.39, 0.29) is 18.4 Å². The van der Waals surface area contributed by atoms with E-state index in [1.54, 1.807) is 39.5 Å². The number of carbonyl (C=O) groups is 2. The van der Waals surface area contributed by atoms with Crippen molar-refractivity contribution < 1.29 is 37.8 Å². The van der Waals surface area contributed by atoms with Crippen molar-refractivity contribution in [2.24, 2.45) is 0 Å². The molecule has 12 heteroatoms. The molecule has 0 aromatic heterocycles. The smallest absolute Gasteiger partial charge is 0.333 e. The Morgan fingerprint density at radius 3 is 2.23 bits per heavy atom. The van der Waals surface area contributed by atoms with Crippen molar-refractivity contribution in [2.45, 2.75) is 103 Å². The van der Waals surface area contributed by atoms with E-state index in [1.165, 1.54) is 6.66 Å². The molecule has 3 N–H and O–H groups in total. The number of unbranched alkanes of at least 4 members (excludes halogenated alkanes) is 3. The van der Waals surface area contributed by atoms with E-state index >= 15 is 0 Å². The summed E-state index contributed by atoms with van der Waals surface area (Å²) in [7, 11) is -7.02. The Labute approximate surface area is 210 Å². The van der Waals surface area contributed by atoms with Gasteiger partial charge in [0.2, 0.25) is 19.2 Å². The monoisotopic (exact) mass is 540 g/mol. The van der Waals surface area contributed by atoms with Crippen molar-refractivity contribution in [3.63, 3.8) is 0 Å². The van der Waals surface area contributed by atoms with Crippen LogP contribution in [0.3, 0.4) is 0 Å². The van der Waals surface area contributed by atoms with Crippen LogP contribution in [-0.4, -0.2) is 76.0 Å². The van der Waals surface area contributed by atoms with Gasteiger partial charge in [0.05, 0.1) is 11.8 Å². The van der Waals surface area contributed by atoms with Crippen LogP contribution in [0.2, 0.25) is 0 Å². The van der Waals surface area contributed by atoms with Gasteiger partial charge in [-0.15, -0.1) is 0 Å². The van der Waals surface area contributed by atoms with Crippen molar-refractivity contribution in [1.29, 1.82) is 0 Å². The van der Waals surface area contributed by atoms with Crippen LogP contribution in [0.4, 0.5) is 0 Å². The quantitative estimate of drug-likeness (QED) is 0.208. The molecule has 35 heavy (non-hydrogen) atoms. The minimum absolute atomic E-state index is 0.0356. The third-order valence-corrected chi connectivity index (χ3v) is 10.7. The maximum absolute atomic E-state index is 12.7. The summed E-state index contributed by atoms with van der Waals surface area (Å²) in [6.07, 6.45) is 5.04. The number of hydrogen-bond donors (Lipinski definition) is 3. The van der Waals surface area contributed by atoms with Gasteiger partial charge in [-0.1, -0.05) is 6.42 Å². The first-order valence-electron chi connectivity index (χ1n) is 12.5. The minimum atomic E-state index is -3.67. The number of amides is 2. The van der Waals surface area contributed by atoms with E-state index in [0.29, 0.717) is 58.2 Å². The van der Waals surface area contributed by atoms with Crippen LogP contribution in [0.5, 0.6) is 0 Å². The van der Waals surface area contributed by atoms with Crippen molar-refractivity contribution in [3.05, 3.63) is 0 Å². The molecule has 2 unspecified atom stereocenters. The standard InChI is InChI=1S/C23H46N2O8P2/c1-22(2,3)35(30,31)33-18-11-9-15-24-21(27)19-13-12-16-25(19)20(26)14-8-7-10-17-32-23(4,5)34(6,28)29/h19H,7-18H2,1-6H3,(H,24,27)(H,28,29)(H,30,31)/t19-/m0/s1. The average Bonchev–Trinajstić information content (AvgIpc) is 3.21. The molecule has 0 saturated carbocycles. The summed E-state index contributed by atoms with van der Waals surface area (Å²) in [4.78, 5) is 46.5. The van der Waals surface area contributed by atoms with Crippen LogP contribution in [0.15, 0.2) is 0 Å². The van der Waals surface area contributed by atoms with E-state index < -0.39 is 31.5 Å². The molecule has 2 amide bonds. The number of ether oxygens (including phenoxy) is 1. The number of nitrogens with zero attached hydrogens (tertiary/aromatic N) is 1. The first-order chi connectivity index (χ1) is 16.0. The highest BCUT2D eigenvalue weighted by Gasteiger charge is 2.37. The van der Waals surface area contributed by atoms with Gasteiger partial charge in [0.1, 0.15) is 11.4 Å². The van der Waals surface area contributed by atoms with Gasteiger partial charge in [-0.3, -0.25) is 18.7 Å². The highest BCUT2D eigenvalue weighted by atomic mass is 31.2. The summed E-state index contributed by atoms with van der Waals surface area (Å²) in [6, 6.07) is -0.454. The first kappa shape index (κ1) is 32.3. The second-order valence-electron chi connectivity index (χ2n) is 10.8. The van der Waals surface area contributed by atoms with Crippen molar-refractivity contribution in [3.8, 4) is 0 Å². The number of hydrogen-bond acceptors (Lipinski definition) is 6.